The first kappa shape index (κ1) is 13.8. The standard InChI is InChI=1S/C12H17BrClNO/c1-9(8-16-3)15(2)12-5-4-11(13)6-10(12)7-14/h4-6,9H,7-8H2,1-3H3. The molecule has 90 valence electrons. The fourth-order valence-corrected chi connectivity index (χ4v) is 2.22. The maximum absolute atomic E-state index is 5.95. The molecule has 0 amide bonds. The van der Waals surface area contributed by atoms with E-state index in [2.05, 4.69) is 46.9 Å². The fraction of sp³-hybridized carbons (Fsp3) is 0.500. The SMILES string of the molecule is COCC(C)N(C)c1ccc(Br)cc1CCl. The summed E-state index contributed by atoms with van der Waals surface area (Å²) >= 11 is 9.40. The Morgan fingerprint density at radius 3 is 2.75 bits per heavy atom. The van der Waals surface area contributed by atoms with E-state index in [4.69, 9.17) is 16.3 Å². The molecule has 0 spiro atoms. The summed E-state index contributed by atoms with van der Waals surface area (Å²) in [5.41, 5.74) is 2.28. The van der Waals surface area contributed by atoms with Crippen molar-refractivity contribution in [3.05, 3.63) is 28.2 Å². The molecule has 0 aliphatic rings. The van der Waals surface area contributed by atoms with Crippen molar-refractivity contribution >= 4 is 33.2 Å². The van der Waals surface area contributed by atoms with E-state index in [1.165, 1.54) is 0 Å². The minimum Gasteiger partial charge on any atom is -0.383 e. The summed E-state index contributed by atoms with van der Waals surface area (Å²) in [4.78, 5) is 2.19. The van der Waals surface area contributed by atoms with E-state index in [1.54, 1.807) is 7.11 Å². The predicted octanol–water partition coefficient (Wildman–Crippen LogP) is 3.66. The highest BCUT2D eigenvalue weighted by Gasteiger charge is 2.13. The van der Waals surface area contributed by atoms with Crippen LogP contribution in [0.4, 0.5) is 5.69 Å². The molecule has 1 rings (SSSR count). The van der Waals surface area contributed by atoms with Crippen LogP contribution in [0.1, 0.15) is 12.5 Å². The van der Waals surface area contributed by atoms with Gasteiger partial charge in [-0.1, -0.05) is 15.9 Å². The lowest BCUT2D eigenvalue weighted by atomic mass is 10.1. The van der Waals surface area contributed by atoms with Gasteiger partial charge < -0.3 is 9.64 Å². The van der Waals surface area contributed by atoms with Gasteiger partial charge in [0.25, 0.3) is 0 Å². The molecule has 2 nitrogen and oxygen atoms in total. The van der Waals surface area contributed by atoms with Gasteiger partial charge in [-0.3, -0.25) is 0 Å². The van der Waals surface area contributed by atoms with E-state index < -0.39 is 0 Å². The smallest absolute Gasteiger partial charge is 0.0663 e. The van der Waals surface area contributed by atoms with Crippen LogP contribution in [-0.4, -0.2) is 26.8 Å². The first-order valence-electron chi connectivity index (χ1n) is 5.16. The quantitative estimate of drug-likeness (QED) is 0.770. The molecule has 0 radical (unpaired) electrons. The summed E-state index contributed by atoms with van der Waals surface area (Å²) < 4.78 is 6.21. The number of rotatable bonds is 5. The molecule has 0 aromatic heterocycles. The van der Waals surface area contributed by atoms with Crippen LogP contribution in [0.2, 0.25) is 0 Å². The Bertz CT molecular complexity index is 346. The summed E-state index contributed by atoms with van der Waals surface area (Å²) in [6.07, 6.45) is 0. The number of nitrogens with zero attached hydrogens (tertiary/aromatic N) is 1. The van der Waals surface area contributed by atoms with Gasteiger partial charge in [-0.05, 0) is 30.7 Å². The lowest BCUT2D eigenvalue weighted by Gasteiger charge is -2.28. The van der Waals surface area contributed by atoms with Gasteiger partial charge in [-0.2, -0.15) is 0 Å². The molecule has 16 heavy (non-hydrogen) atoms. The van der Waals surface area contributed by atoms with Crippen LogP contribution in [0.3, 0.4) is 0 Å². The second-order valence-corrected chi connectivity index (χ2v) is 5.00. The van der Waals surface area contributed by atoms with Crippen molar-refractivity contribution < 1.29 is 4.74 Å². The third-order valence-corrected chi connectivity index (χ3v) is 3.42. The van der Waals surface area contributed by atoms with Crippen LogP contribution in [0.25, 0.3) is 0 Å². The molecule has 0 aliphatic carbocycles. The first-order chi connectivity index (χ1) is 7.60. The summed E-state index contributed by atoms with van der Waals surface area (Å²) in [5.74, 6) is 0.513. The van der Waals surface area contributed by atoms with Crippen LogP contribution < -0.4 is 4.90 Å². The molecule has 0 aliphatic heterocycles. The predicted molar refractivity (Wildman–Crippen MR) is 73.4 cm³/mol. The van der Waals surface area contributed by atoms with Gasteiger partial charge in [-0.25, -0.2) is 0 Å². The highest BCUT2D eigenvalue weighted by Crippen LogP contribution is 2.26. The van der Waals surface area contributed by atoms with E-state index in [9.17, 15) is 0 Å². The summed E-state index contributed by atoms with van der Waals surface area (Å²) in [7, 11) is 3.78. The molecule has 0 saturated heterocycles. The largest absolute Gasteiger partial charge is 0.383 e. The number of halogens is 2. The van der Waals surface area contributed by atoms with Crippen molar-refractivity contribution in [2.24, 2.45) is 0 Å². The zero-order valence-corrected chi connectivity index (χ0v) is 12.2. The lowest BCUT2D eigenvalue weighted by Crippen LogP contribution is -2.33. The number of likely N-dealkylation sites (N-methyl/N-ethyl adjacent to an activating group) is 1. The van der Waals surface area contributed by atoms with E-state index in [1.807, 2.05) is 6.07 Å². The normalized spacial score (nSPS) is 12.6. The van der Waals surface area contributed by atoms with Crippen LogP contribution in [0, 0.1) is 0 Å². The molecule has 0 saturated carbocycles. The van der Waals surface area contributed by atoms with Gasteiger partial charge in [0.2, 0.25) is 0 Å². The second kappa shape index (κ2) is 6.48. The highest BCUT2D eigenvalue weighted by molar-refractivity contribution is 9.10. The fourth-order valence-electron chi connectivity index (χ4n) is 1.60. The zero-order chi connectivity index (χ0) is 12.1. The Morgan fingerprint density at radius 1 is 1.50 bits per heavy atom. The number of benzene rings is 1. The summed E-state index contributed by atoms with van der Waals surface area (Å²) in [6.45, 7) is 2.83. The number of ether oxygens (including phenoxy) is 1. The molecule has 4 heteroatoms. The van der Waals surface area contributed by atoms with Crippen molar-refractivity contribution in [2.75, 3.05) is 25.7 Å². The van der Waals surface area contributed by atoms with Gasteiger partial charge in [0.15, 0.2) is 0 Å². The Balaban J connectivity index is 2.93. The molecule has 0 N–H and O–H groups in total. The van der Waals surface area contributed by atoms with Crippen LogP contribution in [-0.2, 0) is 10.6 Å². The number of alkyl halides is 1. The average molecular weight is 307 g/mol. The van der Waals surface area contributed by atoms with Gasteiger partial charge in [0.1, 0.15) is 0 Å². The van der Waals surface area contributed by atoms with Gasteiger partial charge >= 0.3 is 0 Å². The van der Waals surface area contributed by atoms with Crippen molar-refractivity contribution in [3.8, 4) is 0 Å². The van der Waals surface area contributed by atoms with Crippen LogP contribution >= 0.6 is 27.5 Å². The zero-order valence-electron chi connectivity index (χ0n) is 9.84. The molecular formula is C12H17BrClNO. The maximum atomic E-state index is 5.95. The van der Waals surface area contributed by atoms with E-state index in [0.717, 1.165) is 15.7 Å². The Morgan fingerprint density at radius 2 is 2.19 bits per heavy atom. The maximum Gasteiger partial charge on any atom is 0.0663 e. The third-order valence-electron chi connectivity index (χ3n) is 2.63. The number of methoxy groups -OCH3 is 1. The Labute approximate surface area is 111 Å². The Hall–Kier alpha value is -0.250. The summed E-state index contributed by atoms with van der Waals surface area (Å²) in [5, 5.41) is 0. The van der Waals surface area contributed by atoms with Crippen LogP contribution in [0.15, 0.2) is 22.7 Å². The number of anilines is 1. The van der Waals surface area contributed by atoms with E-state index in [-0.39, 0.29) is 0 Å². The van der Waals surface area contributed by atoms with Gasteiger partial charge in [0, 0.05) is 36.2 Å². The average Bonchev–Trinajstić information content (AvgIpc) is 2.28. The van der Waals surface area contributed by atoms with Crippen molar-refractivity contribution in [1.29, 1.82) is 0 Å². The van der Waals surface area contributed by atoms with E-state index in [0.29, 0.717) is 18.5 Å². The van der Waals surface area contributed by atoms with Crippen LogP contribution in [0.5, 0.6) is 0 Å². The Kier molecular flexibility index (Phi) is 5.59. The number of hydrogen-bond acceptors (Lipinski definition) is 2. The first-order valence-corrected chi connectivity index (χ1v) is 6.49. The molecule has 0 heterocycles. The molecule has 1 unspecified atom stereocenters. The monoisotopic (exact) mass is 305 g/mol. The minimum atomic E-state index is 0.327. The van der Waals surface area contributed by atoms with E-state index >= 15 is 0 Å². The van der Waals surface area contributed by atoms with Gasteiger partial charge in [-0.15, -0.1) is 11.6 Å². The summed E-state index contributed by atoms with van der Waals surface area (Å²) in [6, 6.07) is 6.49. The third kappa shape index (κ3) is 3.37. The van der Waals surface area contributed by atoms with Crippen molar-refractivity contribution in [2.45, 2.75) is 18.8 Å². The van der Waals surface area contributed by atoms with Crippen molar-refractivity contribution in [3.63, 3.8) is 0 Å². The lowest BCUT2D eigenvalue weighted by molar-refractivity contribution is 0.183. The minimum absolute atomic E-state index is 0.327. The molecule has 1 aromatic rings. The molecule has 0 bridgehead atoms. The second-order valence-electron chi connectivity index (χ2n) is 3.82. The topological polar surface area (TPSA) is 12.5 Å². The van der Waals surface area contributed by atoms with Crippen molar-refractivity contribution in [1.82, 2.24) is 0 Å². The molecule has 1 aromatic carbocycles. The van der Waals surface area contributed by atoms with Gasteiger partial charge in [0.05, 0.1) is 6.61 Å². The molecule has 1 atom stereocenters. The molecular weight excluding hydrogens is 289 g/mol. The molecule has 0 fully saturated rings. The highest BCUT2D eigenvalue weighted by atomic mass is 79.9. The number of hydrogen-bond donors (Lipinski definition) is 0.